The topological polar surface area (TPSA) is 32.9 Å². The summed E-state index contributed by atoms with van der Waals surface area (Å²) in [5.74, 6) is 0.260. The molecule has 0 bridgehead atoms. The molecular weight excluding hydrogens is 282 g/mol. The molecule has 0 spiro atoms. The van der Waals surface area contributed by atoms with Crippen LogP contribution in [0, 0.1) is 0 Å². The summed E-state index contributed by atoms with van der Waals surface area (Å²) in [6.07, 6.45) is 12.3. The Hall–Kier alpha value is -1.83. The van der Waals surface area contributed by atoms with Gasteiger partial charge < -0.3 is 4.98 Å². The molecule has 1 N–H and O–H groups in total. The van der Waals surface area contributed by atoms with Gasteiger partial charge >= 0.3 is 0 Å². The molecule has 1 aliphatic rings. The Labute approximate surface area is 139 Å². The lowest BCUT2D eigenvalue weighted by Crippen LogP contribution is -2.08. The zero-order valence-corrected chi connectivity index (χ0v) is 14.2. The van der Waals surface area contributed by atoms with Crippen LogP contribution in [0.4, 0.5) is 0 Å². The fourth-order valence-corrected chi connectivity index (χ4v) is 3.56. The first-order valence-corrected chi connectivity index (χ1v) is 9.14. The van der Waals surface area contributed by atoms with E-state index in [1.165, 1.54) is 19.3 Å². The van der Waals surface area contributed by atoms with Crippen molar-refractivity contribution < 1.29 is 4.79 Å². The van der Waals surface area contributed by atoms with Crippen LogP contribution >= 0.6 is 0 Å². The summed E-state index contributed by atoms with van der Waals surface area (Å²) in [5, 5.41) is 1.09. The molecule has 2 nitrogen and oxygen atoms in total. The lowest BCUT2D eigenvalue weighted by Gasteiger charge is -2.11. The average Bonchev–Trinajstić information content (AvgIpc) is 2.90. The van der Waals surface area contributed by atoms with Crippen LogP contribution in [0.15, 0.2) is 35.9 Å². The minimum Gasteiger partial charge on any atom is -0.358 e. The standard InChI is InChI=1S/C21H27NO/c1-2-3-14-19-20(17-13-9-10-15-18(17)22-19)21(23)16-11-7-5-4-6-8-12-16/h9-11,13,15,22H,2-8,12,14H2,1H3/b16-11+. The molecule has 0 saturated heterocycles. The summed E-state index contributed by atoms with van der Waals surface area (Å²) < 4.78 is 0. The number of aromatic nitrogens is 1. The highest BCUT2D eigenvalue weighted by atomic mass is 16.1. The first kappa shape index (κ1) is 16.0. The number of benzene rings is 1. The molecule has 1 aliphatic carbocycles. The first-order chi connectivity index (χ1) is 11.3. The van der Waals surface area contributed by atoms with E-state index in [9.17, 15) is 4.79 Å². The van der Waals surface area contributed by atoms with E-state index in [0.717, 1.165) is 66.3 Å². The van der Waals surface area contributed by atoms with Gasteiger partial charge in [0.05, 0.1) is 5.56 Å². The second kappa shape index (κ2) is 7.63. The summed E-state index contributed by atoms with van der Waals surface area (Å²) in [5.41, 5.74) is 4.18. The van der Waals surface area contributed by atoms with Crippen LogP contribution in [-0.2, 0) is 6.42 Å². The van der Waals surface area contributed by atoms with Crippen molar-refractivity contribution in [1.29, 1.82) is 0 Å². The highest BCUT2D eigenvalue weighted by Gasteiger charge is 2.21. The minimum absolute atomic E-state index is 0.260. The number of ketones is 1. The molecular formula is C21H27NO. The first-order valence-electron chi connectivity index (χ1n) is 9.14. The Morgan fingerprint density at radius 1 is 1.13 bits per heavy atom. The molecule has 2 heteroatoms. The third kappa shape index (κ3) is 3.57. The molecule has 3 rings (SSSR count). The maximum atomic E-state index is 13.2. The van der Waals surface area contributed by atoms with E-state index >= 15 is 0 Å². The normalized spacial score (nSPS) is 18.2. The third-order valence-electron chi connectivity index (χ3n) is 4.87. The maximum Gasteiger partial charge on any atom is 0.191 e. The highest BCUT2D eigenvalue weighted by Crippen LogP contribution is 2.29. The van der Waals surface area contributed by atoms with E-state index in [4.69, 9.17) is 0 Å². The van der Waals surface area contributed by atoms with E-state index in [1.807, 2.05) is 12.1 Å². The molecule has 0 atom stereocenters. The number of fused-ring (bicyclic) bond motifs is 1. The monoisotopic (exact) mass is 309 g/mol. The molecule has 0 amide bonds. The summed E-state index contributed by atoms with van der Waals surface area (Å²) >= 11 is 0. The zero-order chi connectivity index (χ0) is 16.1. The van der Waals surface area contributed by atoms with E-state index in [1.54, 1.807) is 0 Å². The van der Waals surface area contributed by atoms with Crippen molar-refractivity contribution in [1.82, 2.24) is 4.98 Å². The molecule has 0 radical (unpaired) electrons. The van der Waals surface area contributed by atoms with Crippen molar-refractivity contribution in [2.45, 2.75) is 64.7 Å². The number of aromatic amines is 1. The molecule has 0 fully saturated rings. The number of nitrogens with one attached hydrogen (secondary N) is 1. The molecule has 1 aromatic heterocycles. The largest absolute Gasteiger partial charge is 0.358 e. The quantitative estimate of drug-likeness (QED) is 0.678. The number of rotatable bonds is 5. The Balaban J connectivity index is 2.00. The fraction of sp³-hybridized carbons (Fsp3) is 0.476. The number of para-hydroxylation sites is 1. The Morgan fingerprint density at radius 2 is 1.96 bits per heavy atom. The Kier molecular flexibility index (Phi) is 5.32. The van der Waals surface area contributed by atoms with Crippen LogP contribution in [0.1, 0.15) is 74.3 Å². The summed E-state index contributed by atoms with van der Waals surface area (Å²) in [6.45, 7) is 2.20. The van der Waals surface area contributed by atoms with Gasteiger partial charge in [-0.15, -0.1) is 0 Å². The predicted octanol–water partition coefficient (Wildman–Crippen LogP) is 5.97. The molecule has 23 heavy (non-hydrogen) atoms. The second-order valence-corrected chi connectivity index (χ2v) is 6.64. The number of hydrogen-bond donors (Lipinski definition) is 1. The van der Waals surface area contributed by atoms with Crippen molar-refractivity contribution >= 4 is 16.7 Å². The van der Waals surface area contributed by atoms with E-state index in [2.05, 4.69) is 30.1 Å². The van der Waals surface area contributed by atoms with Gasteiger partial charge in [0.1, 0.15) is 0 Å². The lowest BCUT2D eigenvalue weighted by atomic mass is 9.92. The van der Waals surface area contributed by atoms with Crippen molar-refractivity contribution in [2.24, 2.45) is 0 Å². The third-order valence-corrected chi connectivity index (χ3v) is 4.87. The Morgan fingerprint density at radius 3 is 2.83 bits per heavy atom. The molecule has 0 unspecified atom stereocenters. The fourth-order valence-electron chi connectivity index (χ4n) is 3.56. The van der Waals surface area contributed by atoms with Gasteiger partial charge in [0, 0.05) is 16.6 Å². The van der Waals surface area contributed by atoms with Gasteiger partial charge in [-0.3, -0.25) is 4.79 Å². The number of hydrogen-bond acceptors (Lipinski definition) is 1. The number of carbonyl (C=O) groups is 1. The molecule has 0 saturated carbocycles. The van der Waals surface area contributed by atoms with Crippen LogP contribution in [-0.4, -0.2) is 10.8 Å². The predicted molar refractivity (Wildman–Crippen MR) is 97.0 cm³/mol. The number of H-pyrrole nitrogens is 1. The lowest BCUT2D eigenvalue weighted by molar-refractivity contribution is 0.103. The average molecular weight is 309 g/mol. The number of Topliss-reactive ketones (excluding diaryl/α,β-unsaturated/α-hetero) is 1. The van der Waals surface area contributed by atoms with Crippen LogP contribution < -0.4 is 0 Å². The van der Waals surface area contributed by atoms with Crippen molar-refractivity contribution in [2.75, 3.05) is 0 Å². The van der Waals surface area contributed by atoms with Gasteiger partial charge in [0.2, 0.25) is 0 Å². The molecule has 1 aromatic carbocycles. The summed E-state index contributed by atoms with van der Waals surface area (Å²) in [4.78, 5) is 16.7. The Bertz CT molecular complexity index is 708. The van der Waals surface area contributed by atoms with Crippen molar-refractivity contribution in [3.8, 4) is 0 Å². The highest BCUT2D eigenvalue weighted by molar-refractivity contribution is 6.17. The van der Waals surface area contributed by atoms with E-state index in [-0.39, 0.29) is 5.78 Å². The molecule has 1 heterocycles. The van der Waals surface area contributed by atoms with Crippen molar-refractivity contribution in [3.63, 3.8) is 0 Å². The van der Waals surface area contributed by atoms with Crippen LogP contribution in [0.5, 0.6) is 0 Å². The number of aryl methyl sites for hydroxylation is 1. The SMILES string of the molecule is CCCCc1[nH]c2ccccc2c1C(=O)/C1=C/CCCCCC1. The van der Waals surface area contributed by atoms with Crippen LogP contribution in [0.2, 0.25) is 0 Å². The number of allylic oxidation sites excluding steroid dienone is 2. The van der Waals surface area contributed by atoms with E-state index in [0.29, 0.717) is 0 Å². The van der Waals surface area contributed by atoms with Gasteiger partial charge in [0.25, 0.3) is 0 Å². The number of unbranched alkanes of at least 4 members (excludes halogenated alkanes) is 1. The molecule has 2 aromatic rings. The molecule has 122 valence electrons. The number of carbonyl (C=O) groups excluding carboxylic acids is 1. The van der Waals surface area contributed by atoms with Crippen LogP contribution in [0.3, 0.4) is 0 Å². The zero-order valence-electron chi connectivity index (χ0n) is 14.2. The summed E-state index contributed by atoms with van der Waals surface area (Å²) in [7, 11) is 0. The second-order valence-electron chi connectivity index (χ2n) is 6.64. The van der Waals surface area contributed by atoms with E-state index < -0.39 is 0 Å². The van der Waals surface area contributed by atoms with Gasteiger partial charge in [-0.25, -0.2) is 0 Å². The van der Waals surface area contributed by atoms with Gasteiger partial charge in [-0.1, -0.05) is 50.5 Å². The van der Waals surface area contributed by atoms with Crippen LogP contribution in [0.25, 0.3) is 10.9 Å². The van der Waals surface area contributed by atoms with Gasteiger partial charge in [-0.05, 0) is 50.2 Å². The molecule has 0 aliphatic heterocycles. The maximum absolute atomic E-state index is 13.2. The van der Waals surface area contributed by atoms with Crippen molar-refractivity contribution in [3.05, 3.63) is 47.2 Å². The smallest absolute Gasteiger partial charge is 0.191 e. The minimum atomic E-state index is 0.260. The van der Waals surface area contributed by atoms with Gasteiger partial charge in [0.15, 0.2) is 5.78 Å². The summed E-state index contributed by atoms with van der Waals surface area (Å²) in [6, 6.07) is 8.22. The van der Waals surface area contributed by atoms with Gasteiger partial charge in [-0.2, -0.15) is 0 Å².